The molecule has 7 nitrogen and oxygen atoms in total. The lowest BCUT2D eigenvalue weighted by Gasteiger charge is -2.18. The summed E-state index contributed by atoms with van der Waals surface area (Å²) in [5.74, 6) is -2.12. The first-order chi connectivity index (χ1) is 14.4. The highest BCUT2D eigenvalue weighted by Crippen LogP contribution is 2.12. The van der Waals surface area contributed by atoms with E-state index in [1.165, 1.54) is 0 Å². The Kier molecular flexibility index (Phi) is 6.41. The molecule has 1 atom stereocenters. The number of Topliss-reactive ketones (excluding diaryl/α,β-unsaturated/α-hetero) is 1. The van der Waals surface area contributed by atoms with E-state index < -0.39 is 23.6 Å². The van der Waals surface area contributed by atoms with Gasteiger partial charge in [0.05, 0.1) is 0 Å². The molecule has 0 spiro atoms. The van der Waals surface area contributed by atoms with E-state index in [0.29, 0.717) is 17.4 Å². The molecule has 0 unspecified atom stereocenters. The Labute approximate surface area is 173 Å². The fourth-order valence-corrected chi connectivity index (χ4v) is 3.26. The van der Waals surface area contributed by atoms with E-state index in [1.54, 1.807) is 38.1 Å². The van der Waals surface area contributed by atoms with Crippen molar-refractivity contribution >= 4 is 28.5 Å². The van der Waals surface area contributed by atoms with Crippen LogP contribution in [0.2, 0.25) is 0 Å². The lowest BCUT2D eigenvalue weighted by molar-refractivity contribution is -0.138. The minimum absolute atomic E-state index is 0.0699. The number of amides is 2. The maximum atomic E-state index is 13.0. The number of hydrogen-bond donors (Lipinski definition) is 3. The van der Waals surface area contributed by atoms with Crippen LogP contribution in [0, 0.1) is 6.92 Å². The van der Waals surface area contributed by atoms with Crippen molar-refractivity contribution in [2.45, 2.75) is 26.3 Å². The van der Waals surface area contributed by atoms with Crippen molar-refractivity contribution in [2.24, 2.45) is 0 Å². The van der Waals surface area contributed by atoms with Gasteiger partial charge in [0.1, 0.15) is 11.7 Å². The van der Waals surface area contributed by atoms with E-state index in [2.05, 4.69) is 15.6 Å². The van der Waals surface area contributed by atoms with Crippen LogP contribution < -0.4 is 16.1 Å². The first-order valence-corrected chi connectivity index (χ1v) is 9.70. The monoisotopic (exact) mass is 405 g/mol. The number of aromatic nitrogens is 1. The SMILES string of the molecule is CCNC(=O)C(=O)[C@H](Cc1ccccc1)NC(=O)c1[nH]c2ccccc2c(=O)c1C. The van der Waals surface area contributed by atoms with Crippen molar-refractivity contribution < 1.29 is 14.4 Å². The molecule has 3 aromatic rings. The molecule has 1 aromatic heterocycles. The highest BCUT2D eigenvalue weighted by Gasteiger charge is 2.28. The summed E-state index contributed by atoms with van der Waals surface area (Å²) in [7, 11) is 0. The van der Waals surface area contributed by atoms with Gasteiger partial charge in [0.25, 0.3) is 11.8 Å². The fourth-order valence-electron chi connectivity index (χ4n) is 3.26. The number of nitrogens with one attached hydrogen (secondary N) is 3. The molecule has 7 heteroatoms. The summed E-state index contributed by atoms with van der Waals surface area (Å²) in [6.45, 7) is 3.56. The van der Waals surface area contributed by atoms with Crippen LogP contribution in [0.5, 0.6) is 0 Å². The Bertz CT molecular complexity index is 1150. The van der Waals surface area contributed by atoms with Crippen molar-refractivity contribution in [2.75, 3.05) is 6.54 Å². The van der Waals surface area contributed by atoms with Gasteiger partial charge in [0.2, 0.25) is 5.78 Å². The van der Waals surface area contributed by atoms with Crippen LogP contribution in [0.3, 0.4) is 0 Å². The van der Waals surface area contributed by atoms with E-state index in [-0.39, 0.29) is 23.1 Å². The number of H-pyrrole nitrogens is 1. The van der Waals surface area contributed by atoms with Crippen molar-refractivity contribution in [3.05, 3.63) is 81.6 Å². The zero-order valence-electron chi connectivity index (χ0n) is 16.8. The third kappa shape index (κ3) is 4.46. The first-order valence-electron chi connectivity index (χ1n) is 9.70. The van der Waals surface area contributed by atoms with Gasteiger partial charge in [0.15, 0.2) is 5.43 Å². The van der Waals surface area contributed by atoms with Crippen LogP contribution in [-0.2, 0) is 16.0 Å². The fraction of sp³-hybridized carbons (Fsp3) is 0.217. The Morgan fingerprint density at radius 3 is 2.37 bits per heavy atom. The van der Waals surface area contributed by atoms with Gasteiger partial charge in [-0.05, 0) is 31.5 Å². The maximum absolute atomic E-state index is 13.0. The minimum Gasteiger partial charge on any atom is -0.350 e. The second-order valence-electron chi connectivity index (χ2n) is 6.94. The van der Waals surface area contributed by atoms with Gasteiger partial charge in [-0.3, -0.25) is 19.2 Å². The number of carbonyl (C=O) groups excluding carboxylic acids is 3. The van der Waals surface area contributed by atoms with Gasteiger partial charge in [0, 0.05) is 29.4 Å². The van der Waals surface area contributed by atoms with E-state index >= 15 is 0 Å². The molecule has 0 aliphatic heterocycles. The molecule has 0 saturated heterocycles. The number of fused-ring (bicyclic) bond motifs is 1. The van der Waals surface area contributed by atoms with Crippen LogP contribution in [0.1, 0.15) is 28.5 Å². The van der Waals surface area contributed by atoms with Crippen LogP contribution in [0.4, 0.5) is 0 Å². The molecule has 2 aromatic carbocycles. The number of pyridine rings is 1. The summed E-state index contributed by atoms with van der Waals surface area (Å²) in [6.07, 6.45) is 0.152. The summed E-state index contributed by atoms with van der Waals surface area (Å²) in [6, 6.07) is 14.9. The minimum atomic E-state index is -1.07. The molecule has 0 aliphatic rings. The lowest BCUT2D eigenvalue weighted by Crippen LogP contribution is -2.49. The second kappa shape index (κ2) is 9.17. The van der Waals surface area contributed by atoms with Crippen LogP contribution in [0.25, 0.3) is 10.9 Å². The van der Waals surface area contributed by atoms with Gasteiger partial charge >= 0.3 is 0 Å². The summed E-state index contributed by atoms with van der Waals surface area (Å²) in [4.78, 5) is 53.4. The molecule has 0 saturated carbocycles. The Morgan fingerprint density at radius 2 is 1.67 bits per heavy atom. The standard InChI is InChI=1S/C23H23N3O4/c1-3-24-23(30)21(28)18(13-15-9-5-4-6-10-15)26-22(29)19-14(2)20(27)16-11-7-8-12-17(16)25-19/h4-12,18H,3,13H2,1-2H3,(H,24,30)(H,25,27)(H,26,29)/t18-/m0/s1. The van der Waals surface area contributed by atoms with Crippen LogP contribution >= 0.6 is 0 Å². The Morgan fingerprint density at radius 1 is 1.00 bits per heavy atom. The summed E-state index contributed by atoms with van der Waals surface area (Å²) < 4.78 is 0. The van der Waals surface area contributed by atoms with Crippen molar-refractivity contribution in [1.82, 2.24) is 15.6 Å². The first kappa shape index (κ1) is 21.0. The van der Waals surface area contributed by atoms with E-state index in [9.17, 15) is 19.2 Å². The molecular formula is C23H23N3O4. The molecule has 0 fully saturated rings. The number of ketones is 1. The number of para-hydroxylation sites is 1. The number of benzene rings is 2. The van der Waals surface area contributed by atoms with Crippen molar-refractivity contribution in [1.29, 1.82) is 0 Å². The van der Waals surface area contributed by atoms with Gasteiger partial charge in [-0.15, -0.1) is 0 Å². The topological polar surface area (TPSA) is 108 Å². The van der Waals surface area contributed by atoms with Crippen LogP contribution in [0.15, 0.2) is 59.4 Å². The second-order valence-corrected chi connectivity index (χ2v) is 6.94. The molecule has 0 radical (unpaired) electrons. The van der Waals surface area contributed by atoms with Gasteiger partial charge in [-0.25, -0.2) is 0 Å². The number of hydrogen-bond acceptors (Lipinski definition) is 4. The summed E-state index contributed by atoms with van der Waals surface area (Å²) in [5.41, 5.74) is 1.37. The molecule has 154 valence electrons. The normalized spacial score (nSPS) is 11.7. The van der Waals surface area contributed by atoms with Crippen molar-refractivity contribution in [3.8, 4) is 0 Å². The van der Waals surface area contributed by atoms with Gasteiger partial charge in [-0.2, -0.15) is 0 Å². The average molecular weight is 405 g/mol. The van der Waals surface area contributed by atoms with Crippen molar-refractivity contribution in [3.63, 3.8) is 0 Å². The molecular weight excluding hydrogens is 382 g/mol. The quantitative estimate of drug-likeness (QED) is 0.522. The summed E-state index contributed by atoms with van der Waals surface area (Å²) in [5, 5.41) is 5.58. The summed E-state index contributed by atoms with van der Waals surface area (Å²) >= 11 is 0. The maximum Gasteiger partial charge on any atom is 0.289 e. The third-order valence-electron chi connectivity index (χ3n) is 4.84. The molecule has 3 rings (SSSR count). The zero-order chi connectivity index (χ0) is 21.7. The highest BCUT2D eigenvalue weighted by atomic mass is 16.2. The zero-order valence-corrected chi connectivity index (χ0v) is 16.8. The molecule has 0 bridgehead atoms. The predicted molar refractivity (Wildman–Crippen MR) is 114 cm³/mol. The molecule has 30 heavy (non-hydrogen) atoms. The molecule has 1 heterocycles. The Hall–Kier alpha value is -3.74. The molecule has 3 N–H and O–H groups in total. The van der Waals surface area contributed by atoms with E-state index in [4.69, 9.17) is 0 Å². The number of carbonyl (C=O) groups is 3. The Balaban J connectivity index is 1.93. The van der Waals surface area contributed by atoms with Gasteiger partial charge in [-0.1, -0.05) is 42.5 Å². The molecule has 2 amide bonds. The largest absolute Gasteiger partial charge is 0.350 e. The smallest absolute Gasteiger partial charge is 0.289 e. The number of likely N-dealkylation sites (N-methyl/N-ethyl adjacent to an activating group) is 1. The highest BCUT2D eigenvalue weighted by molar-refractivity contribution is 6.38. The van der Waals surface area contributed by atoms with Gasteiger partial charge < -0.3 is 15.6 Å². The molecule has 0 aliphatic carbocycles. The van der Waals surface area contributed by atoms with Crippen LogP contribution in [-0.4, -0.2) is 35.2 Å². The predicted octanol–water partition coefficient (Wildman–Crippen LogP) is 1.88. The number of rotatable bonds is 7. The third-order valence-corrected chi connectivity index (χ3v) is 4.84. The average Bonchev–Trinajstić information content (AvgIpc) is 2.76. The van der Waals surface area contributed by atoms with E-state index in [0.717, 1.165) is 5.56 Å². The lowest BCUT2D eigenvalue weighted by atomic mass is 10.0. The number of aromatic amines is 1. The van der Waals surface area contributed by atoms with E-state index in [1.807, 2.05) is 30.3 Å².